The van der Waals surface area contributed by atoms with Crippen LogP contribution >= 0.6 is 0 Å². The van der Waals surface area contributed by atoms with E-state index in [1.165, 1.54) is 5.56 Å². The first kappa shape index (κ1) is 19.6. The molecule has 0 spiro atoms. The van der Waals surface area contributed by atoms with Crippen LogP contribution in [0.25, 0.3) is 11.0 Å². The standard InChI is InChI=1S/C24H29N3O2/c1-24(2,3)17-9-10-18-16(11-17)12-19-20(25-18)13-21(26-19)23(29)27-22(14-28)15-7-5-4-6-8-15/h4-8,12-13,17,22,26,28H,9-11,14H2,1-3H3,(H,27,29)/t17?,22-/m0/s1. The first-order valence-corrected chi connectivity index (χ1v) is 10.3. The number of nitrogens with zero attached hydrogens (tertiary/aromatic N) is 1. The molecule has 2 atom stereocenters. The highest BCUT2D eigenvalue weighted by atomic mass is 16.3. The highest BCUT2D eigenvalue weighted by molar-refractivity contribution is 5.97. The van der Waals surface area contributed by atoms with Gasteiger partial charge in [0.05, 0.1) is 23.7 Å². The van der Waals surface area contributed by atoms with E-state index in [9.17, 15) is 9.90 Å². The van der Waals surface area contributed by atoms with Crippen molar-refractivity contribution in [3.8, 4) is 0 Å². The predicted octanol–water partition coefficient (Wildman–Crippen LogP) is 4.18. The Bertz CT molecular complexity index is 1020. The maximum absolute atomic E-state index is 12.8. The Morgan fingerprint density at radius 1 is 1.28 bits per heavy atom. The molecule has 0 bridgehead atoms. The zero-order valence-electron chi connectivity index (χ0n) is 17.3. The van der Waals surface area contributed by atoms with E-state index in [1.807, 2.05) is 30.3 Å². The van der Waals surface area contributed by atoms with Crippen molar-refractivity contribution < 1.29 is 9.90 Å². The average Bonchev–Trinajstić information content (AvgIpc) is 3.12. The van der Waals surface area contributed by atoms with Crippen molar-refractivity contribution in [3.63, 3.8) is 0 Å². The number of nitrogens with one attached hydrogen (secondary N) is 2. The van der Waals surface area contributed by atoms with Gasteiger partial charge in [0.15, 0.2) is 0 Å². The summed E-state index contributed by atoms with van der Waals surface area (Å²) in [4.78, 5) is 20.8. The van der Waals surface area contributed by atoms with E-state index >= 15 is 0 Å². The fourth-order valence-electron chi connectivity index (χ4n) is 4.23. The molecule has 1 aromatic carbocycles. The quantitative estimate of drug-likeness (QED) is 0.624. The number of carbonyl (C=O) groups is 1. The first-order valence-electron chi connectivity index (χ1n) is 10.3. The summed E-state index contributed by atoms with van der Waals surface area (Å²) < 4.78 is 0. The number of amides is 1. The third-order valence-electron chi connectivity index (χ3n) is 6.13. The lowest BCUT2D eigenvalue weighted by Crippen LogP contribution is -2.30. The number of aliphatic hydroxyl groups excluding tert-OH is 1. The second-order valence-electron chi connectivity index (χ2n) is 9.14. The van der Waals surface area contributed by atoms with Gasteiger partial charge in [-0.15, -0.1) is 0 Å². The molecular formula is C24H29N3O2. The molecule has 152 valence electrons. The number of rotatable bonds is 4. The van der Waals surface area contributed by atoms with Gasteiger partial charge in [-0.2, -0.15) is 0 Å². The molecule has 0 saturated heterocycles. The van der Waals surface area contributed by atoms with Crippen molar-refractivity contribution in [2.24, 2.45) is 11.3 Å². The van der Waals surface area contributed by atoms with Gasteiger partial charge in [0.1, 0.15) is 5.69 Å². The van der Waals surface area contributed by atoms with Gasteiger partial charge in [-0.25, -0.2) is 0 Å². The molecule has 0 saturated carbocycles. The highest BCUT2D eigenvalue weighted by Gasteiger charge is 2.29. The summed E-state index contributed by atoms with van der Waals surface area (Å²) in [6.07, 6.45) is 3.17. The molecule has 1 unspecified atom stereocenters. The number of aliphatic hydroxyl groups is 1. The number of hydrogen-bond donors (Lipinski definition) is 3. The lowest BCUT2D eigenvalue weighted by atomic mass is 9.71. The van der Waals surface area contributed by atoms with Crippen LogP contribution in [0, 0.1) is 11.3 Å². The van der Waals surface area contributed by atoms with Crippen molar-refractivity contribution >= 4 is 16.9 Å². The van der Waals surface area contributed by atoms with Crippen LogP contribution in [0.5, 0.6) is 0 Å². The monoisotopic (exact) mass is 391 g/mol. The van der Waals surface area contributed by atoms with Crippen LogP contribution in [-0.4, -0.2) is 27.6 Å². The Morgan fingerprint density at radius 2 is 2.03 bits per heavy atom. The van der Waals surface area contributed by atoms with E-state index < -0.39 is 6.04 Å². The Hall–Kier alpha value is -2.66. The second kappa shape index (κ2) is 7.64. The third-order valence-corrected chi connectivity index (χ3v) is 6.13. The number of carbonyl (C=O) groups excluding carboxylic acids is 1. The van der Waals surface area contributed by atoms with Crippen LogP contribution in [0.1, 0.15) is 60.5 Å². The summed E-state index contributed by atoms with van der Waals surface area (Å²) >= 11 is 0. The van der Waals surface area contributed by atoms with Crippen molar-refractivity contribution in [3.05, 3.63) is 65.0 Å². The molecule has 0 radical (unpaired) electrons. The lowest BCUT2D eigenvalue weighted by Gasteiger charge is -2.34. The summed E-state index contributed by atoms with van der Waals surface area (Å²) in [6, 6.07) is 13.0. The van der Waals surface area contributed by atoms with E-state index in [0.717, 1.165) is 41.6 Å². The molecule has 29 heavy (non-hydrogen) atoms. The zero-order valence-corrected chi connectivity index (χ0v) is 17.3. The number of aromatic amines is 1. The van der Waals surface area contributed by atoms with Crippen LogP contribution in [0.4, 0.5) is 0 Å². The largest absolute Gasteiger partial charge is 0.394 e. The van der Waals surface area contributed by atoms with Crippen molar-refractivity contribution in [1.29, 1.82) is 0 Å². The molecule has 2 heterocycles. The number of aromatic nitrogens is 2. The summed E-state index contributed by atoms with van der Waals surface area (Å²) in [5.74, 6) is 0.402. The maximum Gasteiger partial charge on any atom is 0.268 e. The Kier molecular flexibility index (Phi) is 5.17. The van der Waals surface area contributed by atoms with Gasteiger partial charge in [-0.1, -0.05) is 51.1 Å². The Balaban J connectivity index is 1.57. The predicted molar refractivity (Wildman–Crippen MR) is 115 cm³/mol. The average molecular weight is 392 g/mol. The van der Waals surface area contributed by atoms with E-state index in [0.29, 0.717) is 11.6 Å². The normalized spacial score (nSPS) is 17.7. The number of hydrogen-bond acceptors (Lipinski definition) is 3. The van der Waals surface area contributed by atoms with E-state index in [-0.39, 0.29) is 17.9 Å². The molecular weight excluding hydrogens is 362 g/mol. The highest BCUT2D eigenvalue weighted by Crippen LogP contribution is 2.37. The number of aryl methyl sites for hydroxylation is 1. The molecule has 1 aliphatic rings. The Labute approximate surface area is 171 Å². The minimum Gasteiger partial charge on any atom is -0.394 e. The lowest BCUT2D eigenvalue weighted by molar-refractivity contribution is 0.0912. The van der Waals surface area contributed by atoms with Crippen LogP contribution in [0.15, 0.2) is 42.5 Å². The van der Waals surface area contributed by atoms with Crippen LogP contribution in [-0.2, 0) is 12.8 Å². The summed E-state index contributed by atoms with van der Waals surface area (Å²) in [6.45, 7) is 6.75. The Morgan fingerprint density at radius 3 is 2.72 bits per heavy atom. The van der Waals surface area contributed by atoms with Gasteiger partial charge < -0.3 is 15.4 Å². The second-order valence-corrected chi connectivity index (χ2v) is 9.14. The smallest absolute Gasteiger partial charge is 0.268 e. The van der Waals surface area contributed by atoms with Gasteiger partial charge in [0.2, 0.25) is 0 Å². The summed E-state index contributed by atoms with van der Waals surface area (Å²) in [5.41, 5.74) is 5.78. The number of H-pyrrole nitrogens is 1. The van der Waals surface area contributed by atoms with Gasteiger partial charge >= 0.3 is 0 Å². The third kappa shape index (κ3) is 4.06. The molecule has 5 heteroatoms. The molecule has 5 nitrogen and oxygen atoms in total. The van der Waals surface area contributed by atoms with Crippen LogP contribution in [0.2, 0.25) is 0 Å². The minimum atomic E-state index is -0.441. The molecule has 0 fully saturated rings. The fourth-order valence-corrected chi connectivity index (χ4v) is 4.23. The van der Waals surface area contributed by atoms with Crippen LogP contribution in [0.3, 0.4) is 0 Å². The fraction of sp³-hybridized carbons (Fsp3) is 0.417. The summed E-state index contributed by atoms with van der Waals surface area (Å²) in [5, 5.41) is 12.6. The van der Waals surface area contributed by atoms with Gasteiger partial charge in [0, 0.05) is 5.69 Å². The number of fused-ring (bicyclic) bond motifs is 2. The number of benzene rings is 1. The molecule has 1 amide bonds. The van der Waals surface area contributed by atoms with Gasteiger partial charge in [-0.3, -0.25) is 9.78 Å². The summed E-state index contributed by atoms with van der Waals surface area (Å²) in [7, 11) is 0. The molecule has 2 aromatic heterocycles. The van der Waals surface area contributed by atoms with Crippen molar-refractivity contribution in [2.75, 3.05) is 6.61 Å². The van der Waals surface area contributed by atoms with E-state index in [1.54, 1.807) is 6.07 Å². The van der Waals surface area contributed by atoms with Gasteiger partial charge in [-0.05, 0) is 53.9 Å². The SMILES string of the molecule is CC(C)(C)C1CCc2nc3cc(C(=O)N[C@@H](CO)c4ccccc4)[nH]c3cc2C1. The topological polar surface area (TPSA) is 78.0 Å². The minimum absolute atomic E-state index is 0.156. The number of pyridine rings is 1. The van der Waals surface area contributed by atoms with Crippen molar-refractivity contribution in [2.45, 2.75) is 46.1 Å². The van der Waals surface area contributed by atoms with E-state index in [4.69, 9.17) is 4.98 Å². The zero-order chi connectivity index (χ0) is 20.6. The molecule has 3 N–H and O–H groups in total. The van der Waals surface area contributed by atoms with Crippen LogP contribution < -0.4 is 5.32 Å². The van der Waals surface area contributed by atoms with Gasteiger partial charge in [0.25, 0.3) is 5.91 Å². The first-order chi connectivity index (χ1) is 13.8. The maximum atomic E-state index is 12.8. The molecule has 1 aliphatic carbocycles. The molecule has 4 rings (SSSR count). The van der Waals surface area contributed by atoms with E-state index in [2.05, 4.69) is 37.1 Å². The molecule has 0 aliphatic heterocycles. The van der Waals surface area contributed by atoms with Crippen molar-refractivity contribution in [1.82, 2.24) is 15.3 Å². The molecule has 3 aromatic rings.